The van der Waals surface area contributed by atoms with Crippen molar-refractivity contribution < 1.29 is 21.1 Å². The van der Waals surface area contributed by atoms with Crippen LogP contribution in [0.15, 0.2) is 12.2 Å². The van der Waals surface area contributed by atoms with Crippen LogP contribution < -0.4 is 0 Å². The molecule has 0 aliphatic heterocycles. The van der Waals surface area contributed by atoms with Crippen molar-refractivity contribution in [1.82, 2.24) is 0 Å². The van der Waals surface area contributed by atoms with Gasteiger partial charge in [-0.15, -0.1) is 23.2 Å². The van der Waals surface area contributed by atoms with Crippen LogP contribution in [0.5, 0.6) is 0 Å². The molecule has 0 saturated heterocycles. The van der Waals surface area contributed by atoms with Gasteiger partial charge < -0.3 is 0 Å². The molecular formula is C8H14Cl2Pt. The molecule has 0 rings (SSSR count). The third-order valence-corrected chi connectivity index (χ3v) is 2.01. The summed E-state index contributed by atoms with van der Waals surface area (Å²) >= 11 is 11.2. The normalized spacial score (nSPS) is 13.0. The number of allylic oxidation sites excluding steroid dienone is 2. The number of hydrogen-bond acceptors (Lipinski definition) is 0. The Morgan fingerprint density at radius 1 is 1.45 bits per heavy atom. The fraction of sp³-hybridized carbons (Fsp3) is 0.750. The third-order valence-electron chi connectivity index (χ3n) is 1.22. The zero-order valence-electron chi connectivity index (χ0n) is 6.63. The average molecular weight is 376 g/mol. The molecule has 0 spiro atoms. The van der Waals surface area contributed by atoms with Crippen LogP contribution in [-0.2, 0) is 21.1 Å². The topological polar surface area (TPSA) is 0 Å². The van der Waals surface area contributed by atoms with Gasteiger partial charge in [-0.2, -0.15) is 0 Å². The van der Waals surface area contributed by atoms with Gasteiger partial charge in [0.05, 0.1) is 5.38 Å². The summed E-state index contributed by atoms with van der Waals surface area (Å²) < 4.78 is 0. The Bertz CT molecular complexity index is 94.1. The molecule has 11 heavy (non-hydrogen) atoms. The van der Waals surface area contributed by atoms with E-state index >= 15 is 0 Å². The predicted molar refractivity (Wildman–Crippen MR) is 49.0 cm³/mol. The minimum atomic E-state index is 0. The molecular weight excluding hydrogens is 362 g/mol. The first-order valence-electron chi connectivity index (χ1n) is 3.68. The van der Waals surface area contributed by atoms with Gasteiger partial charge in [0.2, 0.25) is 0 Å². The molecule has 0 aliphatic rings. The Kier molecular flexibility index (Phi) is 14.5. The molecule has 0 amide bonds. The smallest absolute Gasteiger partial charge is 0.0651 e. The molecule has 0 nitrogen and oxygen atoms in total. The second-order valence-electron chi connectivity index (χ2n) is 2.24. The van der Waals surface area contributed by atoms with E-state index in [0.717, 1.165) is 6.42 Å². The second kappa shape index (κ2) is 11.0. The quantitative estimate of drug-likeness (QED) is 0.391. The molecule has 0 fully saturated rings. The van der Waals surface area contributed by atoms with Crippen molar-refractivity contribution in [2.24, 2.45) is 0 Å². The number of alkyl halides is 2. The van der Waals surface area contributed by atoms with Gasteiger partial charge in [0.15, 0.2) is 0 Å². The Balaban J connectivity index is 0. The van der Waals surface area contributed by atoms with Crippen LogP contribution in [0.1, 0.15) is 26.2 Å². The monoisotopic (exact) mass is 375 g/mol. The van der Waals surface area contributed by atoms with Crippen molar-refractivity contribution in [3.63, 3.8) is 0 Å². The van der Waals surface area contributed by atoms with Crippen molar-refractivity contribution in [3.05, 3.63) is 12.2 Å². The molecule has 70 valence electrons. The van der Waals surface area contributed by atoms with E-state index in [0.29, 0.717) is 5.88 Å². The molecule has 0 radical (unpaired) electrons. The fourth-order valence-electron chi connectivity index (χ4n) is 0.617. The van der Waals surface area contributed by atoms with Gasteiger partial charge in [-0.05, 0) is 6.42 Å². The van der Waals surface area contributed by atoms with Crippen LogP contribution in [0.3, 0.4) is 0 Å². The van der Waals surface area contributed by atoms with Crippen molar-refractivity contribution in [2.75, 3.05) is 5.88 Å². The maximum atomic E-state index is 5.73. The molecule has 0 saturated carbocycles. The summed E-state index contributed by atoms with van der Waals surface area (Å²) in [4.78, 5) is 0. The van der Waals surface area contributed by atoms with Crippen molar-refractivity contribution >= 4 is 23.2 Å². The minimum absolute atomic E-state index is 0. The minimum Gasteiger partial charge on any atom is -0.125 e. The Morgan fingerprint density at radius 3 is 2.55 bits per heavy atom. The second-order valence-corrected chi connectivity index (χ2v) is 3.11. The zero-order valence-corrected chi connectivity index (χ0v) is 10.4. The van der Waals surface area contributed by atoms with Crippen molar-refractivity contribution in [2.45, 2.75) is 31.6 Å². The summed E-state index contributed by atoms with van der Waals surface area (Å²) in [6.07, 6.45) is 7.66. The molecule has 0 aromatic carbocycles. The van der Waals surface area contributed by atoms with E-state index in [2.05, 4.69) is 13.0 Å². The predicted octanol–water partition coefficient (Wildman–Crippen LogP) is 3.58. The maximum Gasteiger partial charge on any atom is 0.0651 e. The van der Waals surface area contributed by atoms with E-state index in [9.17, 15) is 0 Å². The van der Waals surface area contributed by atoms with E-state index in [-0.39, 0.29) is 26.4 Å². The summed E-state index contributed by atoms with van der Waals surface area (Å²) in [5.41, 5.74) is 0. The van der Waals surface area contributed by atoms with E-state index < -0.39 is 0 Å². The molecule has 0 heterocycles. The van der Waals surface area contributed by atoms with Gasteiger partial charge in [-0.1, -0.05) is 31.9 Å². The van der Waals surface area contributed by atoms with Crippen LogP contribution in [0.25, 0.3) is 0 Å². The third kappa shape index (κ3) is 11.0. The van der Waals surface area contributed by atoms with E-state index in [1.807, 2.05) is 6.08 Å². The van der Waals surface area contributed by atoms with Gasteiger partial charge in [0.1, 0.15) is 0 Å². The standard InChI is InChI=1S/C8H14Cl2.Pt/c1-2-3-4-5-6-8(10)7-9;/h5-6,8H,2-4,7H2,1H3;. The molecule has 1 unspecified atom stereocenters. The summed E-state index contributed by atoms with van der Waals surface area (Å²) in [6, 6.07) is 0. The van der Waals surface area contributed by atoms with Gasteiger partial charge in [0.25, 0.3) is 0 Å². The Morgan fingerprint density at radius 2 is 2.09 bits per heavy atom. The molecule has 0 bridgehead atoms. The average Bonchev–Trinajstić information content (AvgIpc) is 1.98. The van der Waals surface area contributed by atoms with Crippen molar-refractivity contribution in [3.8, 4) is 0 Å². The van der Waals surface area contributed by atoms with Crippen LogP contribution in [0.2, 0.25) is 0 Å². The van der Waals surface area contributed by atoms with Crippen LogP contribution in [0.4, 0.5) is 0 Å². The largest absolute Gasteiger partial charge is 0.125 e. The Hall–Kier alpha value is 1.01. The SMILES string of the molecule is CCCCC=CC(Cl)CCl.[Pt]. The fourth-order valence-corrected chi connectivity index (χ4v) is 0.823. The van der Waals surface area contributed by atoms with E-state index in [1.165, 1.54) is 12.8 Å². The van der Waals surface area contributed by atoms with Gasteiger partial charge in [-0.25, -0.2) is 0 Å². The summed E-state index contributed by atoms with van der Waals surface area (Å²) in [5.74, 6) is 0.504. The zero-order chi connectivity index (χ0) is 7.82. The molecule has 0 aromatic heterocycles. The van der Waals surface area contributed by atoms with Gasteiger partial charge in [0, 0.05) is 26.9 Å². The van der Waals surface area contributed by atoms with Crippen LogP contribution in [-0.4, -0.2) is 11.3 Å². The van der Waals surface area contributed by atoms with Crippen molar-refractivity contribution in [1.29, 1.82) is 0 Å². The summed E-state index contributed by atoms with van der Waals surface area (Å²) in [7, 11) is 0. The summed E-state index contributed by atoms with van der Waals surface area (Å²) in [6.45, 7) is 2.17. The van der Waals surface area contributed by atoms with Crippen LogP contribution >= 0.6 is 23.2 Å². The molecule has 3 heteroatoms. The number of halogens is 2. The first-order chi connectivity index (χ1) is 4.81. The molecule has 0 aromatic rings. The maximum absolute atomic E-state index is 5.73. The van der Waals surface area contributed by atoms with E-state index in [1.54, 1.807) is 0 Å². The number of hydrogen-bond donors (Lipinski definition) is 0. The Labute approximate surface area is 93.6 Å². The number of unbranched alkanes of at least 4 members (excludes halogenated alkanes) is 2. The number of rotatable bonds is 5. The molecule has 0 aliphatic carbocycles. The first kappa shape index (κ1) is 14.5. The van der Waals surface area contributed by atoms with E-state index in [4.69, 9.17) is 23.2 Å². The molecule has 0 N–H and O–H groups in total. The van der Waals surface area contributed by atoms with Gasteiger partial charge >= 0.3 is 0 Å². The van der Waals surface area contributed by atoms with Crippen LogP contribution in [0, 0.1) is 0 Å². The summed E-state index contributed by atoms with van der Waals surface area (Å²) in [5, 5.41) is 0.0125. The first-order valence-corrected chi connectivity index (χ1v) is 4.65. The van der Waals surface area contributed by atoms with Gasteiger partial charge in [-0.3, -0.25) is 0 Å². The molecule has 1 atom stereocenters.